The summed E-state index contributed by atoms with van der Waals surface area (Å²) in [5.74, 6) is 5.63. The lowest BCUT2D eigenvalue weighted by Crippen LogP contribution is -2.29. The predicted molar refractivity (Wildman–Crippen MR) is 77.6 cm³/mol. The molecule has 0 nitrogen and oxygen atoms in total. The summed E-state index contributed by atoms with van der Waals surface area (Å²) in [4.78, 5) is 0. The molecule has 1 radical (unpaired) electrons. The van der Waals surface area contributed by atoms with Crippen LogP contribution in [0.15, 0.2) is 0 Å². The third-order valence-corrected chi connectivity index (χ3v) is 5.53. The molecule has 97 valence electrons. The largest absolute Gasteiger partial charge is 0.118 e. The van der Waals surface area contributed by atoms with Crippen LogP contribution in [0.1, 0.15) is 66.2 Å². The van der Waals surface area contributed by atoms with Gasteiger partial charge in [0.15, 0.2) is 0 Å². The van der Waals surface area contributed by atoms with Crippen LogP contribution in [0.5, 0.6) is 0 Å². The van der Waals surface area contributed by atoms with E-state index in [4.69, 9.17) is 0 Å². The SMILES string of the molecule is CC1CCC(C)C([B]C2CC(C)CCC2C)C1. The monoisotopic (exact) mass is 233 g/mol. The van der Waals surface area contributed by atoms with Crippen LogP contribution in [-0.4, -0.2) is 7.28 Å². The van der Waals surface area contributed by atoms with Gasteiger partial charge in [0, 0.05) is 0 Å². The highest BCUT2D eigenvalue weighted by atomic mass is 14.3. The third-order valence-electron chi connectivity index (χ3n) is 5.53. The van der Waals surface area contributed by atoms with Crippen molar-refractivity contribution in [3.8, 4) is 0 Å². The second-order valence-electron chi connectivity index (χ2n) is 7.31. The number of rotatable bonds is 2. The van der Waals surface area contributed by atoms with Crippen LogP contribution in [0.25, 0.3) is 0 Å². The quantitative estimate of drug-likeness (QED) is 0.576. The maximum atomic E-state index is 2.78. The molecule has 1 heteroatoms. The second kappa shape index (κ2) is 5.80. The van der Waals surface area contributed by atoms with E-state index in [0.717, 1.165) is 35.3 Å². The zero-order valence-corrected chi connectivity index (χ0v) is 12.3. The van der Waals surface area contributed by atoms with Crippen LogP contribution >= 0.6 is 0 Å². The number of hydrogen-bond acceptors (Lipinski definition) is 0. The van der Waals surface area contributed by atoms with Gasteiger partial charge in [0.2, 0.25) is 0 Å². The van der Waals surface area contributed by atoms with Crippen molar-refractivity contribution in [2.24, 2.45) is 23.7 Å². The van der Waals surface area contributed by atoms with E-state index in [2.05, 4.69) is 35.0 Å². The normalized spacial score (nSPS) is 47.8. The molecule has 2 rings (SSSR count). The van der Waals surface area contributed by atoms with Gasteiger partial charge in [-0.3, -0.25) is 0 Å². The Kier molecular flexibility index (Phi) is 4.61. The van der Waals surface area contributed by atoms with Crippen molar-refractivity contribution in [3.05, 3.63) is 0 Å². The summed E-state index contributed by atoms with van der Waals surface area (Å²) < 4.78 is 0. The van der Waals surface area contributed by atoms with Gasteiger partial charge in [0.25, 0.3) is 0 Å². The van der Waals surface area contributed by atoms with Crippen molar-refractivity contribution < 1.29 is 0 Å². The Hall–Kier alpha value is 0.0649. The Morgan fingerprint density at radius 1 is 0.647 bits per heavy atom. The standard InChI is InChI=1S/C16H30B/c1-11-5-7-13(3)15(9-11)17-16-10-12(2)6-8-14(16)4/h11-16H,5-10H2,1-4H3. The van der Waals surface area contributed by atoms with Crippen LogP contribution in [0.3, 0.4) is 0 Å². The first-order valence-electron chi connectivity index (χ1n) is 7.91. The summed E-state index contributed by atoms with van der Waals surface area (Å²) >= 11 is 0. The van der Waals surface area contributed by atoms with Gasteiger partial charge in [-0.2, -0.15) is 0 Å². The molecule has 2 saturated carbocycles. The molecule has 0 aliphatic heterocycles. The molecule has 0 saturated heterocycles. The van der Waals surface area contributed by atoms with Crippen LogP contribution in [0.4, 0.5) is 0 Å². The van der Waals surface area contributed by atoms with Gasteiger partial charge in [-0.1, -0.05) is 77.9 Å². The Balaban J connectivity index is 1.89. The Labute approximate surface area is 109 Å². The van der Waals surface area contributed by atoms with Gasteiger partial charge in [0.1, 0.15) is 7.28 Å². The molecular weight excluding hydrogens is 203 g/mol. The molecule has 2 aliphatic carbocycles. The Morgan fingerprint density at radius 2 is 1.06 bits per heavy atom. The fraction of sp³-hybridized carbons (Fsp3) is 1.00. The Bertz CT molecular complexity index is 214. The highest BCUT2D eigenvalue weighted by Crippen LogP contribution is 2.44. The van der Waals surface area contributed by atoms with E-state index in [-0.39, 0.29) is 0 Å². The fourth-order valence-corrected chi connectivity index (χ4v) is 4.01. The maximum Gasteiger partial charge on any atom is 0.118 e. The summed E-state index contributed by atoms with van der Waals surface area (Å²) in [6, 6.07) is 0. The van der Waals surface area contributed by atoms with Crippen molar-refractivity contribution in [2.45, 2.75) is 77.9 Å². The molecule has 2 fully saturated rings. The first-order chi connectivity index (χ1) is 8.06. The van der Waals surface area contributed by atoms with Crippen molar-refractivity contribution in [3.63, 3.8) is 0 Å². The minimum atomic E-state index is 0.913. The van der Waals surface area contributed by atoms with E-state index >= 15 is 0 Å². The van der Waals surface area contributed by atoms with E-state index < -0.39 is 0 Å². The lowest BCUT2D eigenvalue weighted by molar-refractivity contribution is 0.282. The van der Waals surface area contributed by atoms with Crippen LogP contribution < -0.4 is 0 Å². The topological polar surface area (TPSA) is 0 Å². The van der Waals surface area contributed by atoms with E-state index in [9.17, 15) is 0 Å². The predicted octanol–water partition coefficient (Wildman–Crippen LogP) is 5.18. The zero-order chi connectivity index (χ0) is 12.4. The van der Waals surface area contributed by atoms with Crippen molar-refractivity contribution in [2.75, 3.05) is 0 Å². The molecule has 0 N–H and O–H groups in total. The maximum absolute atomic E-state index is 2.78. The molecule has 0 heterocycles. The molecule has 0 aromatic rings. The van der Waals surface area contributed by atoms with E-state index in [0.29, 0.717) is 0 Å². The highest BCUT2D eigenvalue weighted by Gasteiger charge is 2.32. The van der Waals surface area contributed by atoms with E-state index in [1.54, 1.807) is 0 Å². The van der Waals surface area contributed by atoms with Gasteiger partial charge in [-0.25, -0.2) is 0 Å². The average molecular weight is 233 g/mol. The van der Waals surface area contributed by atoms with Gasteiger partial charge < -0.3 is 0 Å². The lowest BCUT2D eigenvalue weighted by Gasteiger charge is -2.39. The van der Waals surface area contributed by atoms with Crippen LogP contribution in [0, 0.1) is 23.7 Å². The molecular formula is C16H30B. The van der Waals surface area contributed by atoms with Crippen LogP contribution in [-0.2, 0) is 0 Å². The van der Waals surface area contributed by atoms with Crippen LogP contribution in [0.2, 0.25) is 11.6 Å². The summed E-state index contributed by atoms with van der Waals surface area (Å²) in [6.45, 7) is 9.84. The number of hydrogen-bond donors (Lipinski definition) is 0. The van der Waals surface area contributed by atoms with Gasteiger partial charge in [-0.05, 0) is 23.7 Å². The Morgan fingerprint density at radius 3 is 1.47 bits per heavy atom. The summed E-state index contributed by atoms with van der Waals surface area (Å²) in [5.41, 5.74) is 0. The molecule has 0 spiro atoms. The average Bonchev–Trinajstić information content (AvgIpc) is 2.28. The molecule has 6 atom stereocenters. The molecule has 17 heavy (non-hydrogen) atoms. The molecule has 6 unspecified atom stereocenters. The first-order valence-corrected chi connectivity index (χ1v) is 7.91. The molecule has 0 amide bonds. The first kappa shape index (κ1) is 13.5. The van der Waals surface area contributed by atoms with Gasteiger partial charge in [0.05, 0.1) is 0 Å². The lowest BCUT2D eigenvalue weighted by atomic mass is 9.43. The van der Waals surface area contributed by atoms with Crippen molar-refractivity contribution in [1.29, 1.82) is 0 Å². The minimum Gasteiger partial charge on any atom is -0.0658 e. The summed E-state index contributed by atoms with van der Waals surface area (Å²) in [7, 11) is 2.78. The molecule has 0 aromatic heterocycles. The summed E-state index contributed by atoms with van der Waals surface area (Å²) in [5, 5.41) is 0. The smallest absolute Gasteiger partial charge is 0.0658 e. The van der Waals surface area contributed by atoms with Crippen molar-refractivity contribution in [1.82, 2.24) is 0 Å². The minimum absolute atomic E-state index is 0.913. The van der Waals surface area contributed by atoms with Gasteiger partial charge in [-0.15, -0.1) is 0 Å². The van der Waals surface area contributed by atoms with E-state index in [1.165, 1.54) is 38.5 Å². The second-order valence-corrected chi connectivity index (χ2v) is 7.31. The third kappa shape index (κ3) is 3.52. The summed E-state index contributed by atoms with van der Waals surface area (Å²) in [6.07, 6.45) is 8.75. The zero-order valence-electron chi connectivity index (χ0n) is 12.3. The van der Waals surface area contributed by atoms with Gasteiger partial charge >= 0.3 is 0 Å². The molecule has 2 aliphatic rings. The molecule has 0 bridgehead atoms. The van der Waals surface area contributed by atoms with E-state index in [1.807, 2.05) is 0 Å². The molecule has 0 aromatic carbocycles. The fourth-order valence-electron chi connectivity index (χ4n) is 4.01. The van der Waals surface area contributed by atoms with Crippen molar-refractivity contribution >= 4 is 7.28 Å². The highest BCUT2D eigenvalue weighted by molar-refractivity contribution is 6.40.